The maximum Gasteiger partial charge on any atom is 0.139 e. The summed E-state index contributed by atoms with van der Waals surface area (Å²) in [6.45, 7) is 0.252. The van der Waals surface area contributed by atoms with E-state index < -0.39 is 0 Å². The standard InChI is InChI=1S/C3H5NOS2/c5-2-1-4-3(6)7/h2H,1H2,(H2,4,6,7). The molecule has 0 aromatic carbocycles. The van der Waals surface area contributed by atoms with Crippen LogP contribution in [0.15, 0.2) is 0 Å². The van der Waals surface area contributed by atoms with Gasteiger partial charge in [0.15, 0.2) is 0 Å². The third kappa shape index (κ3) is 5.91. The van der Waals surface area contributed by atoms with Gasteiger partial charge < -0.3 is 10.1 Å². The number of nitrogens with one attached hydrogen (secondary N) is 1. The summed E-state index contributed by atoms with van der Waals surface area (Å²) in [6.07, 6.45) is 0.725. The Bertz CT molecular complexity index is 83.0. The van der Waals surface area contributed by atoms with E-state index in [0.29, 0.717) is 4.32 Å². The molecule has 7 heavy (non-hydrogen) atoms. The molecule has 1 N–H and O–H groups in total. The fraction of sp³-hybridized carbons (Fsp3) is 0.333. The van der Waals surface area contributed by atoms with Gasteiger partial charge in [-0.25, -0.2) is 0 Å². The molecule has 0 bridgehead atoms. The van der Waals surface area contributed by atoms with E-state index in [1.807, 2.05) is 0 Å². The summed E-state index contributed by atoms with van der Waals surface area (Å²) in [5, 5.41) is 2.52. The fourth-order valence-electron chi connectivity index (χ4n) is 0.129. The summed E-state index contributed by atoms with van der Waals surface area (Å²) in [4.78, 5) is 9.55. The number of thiol groups is 1. The van der Waals surface area contributed by atoms with Crippen LogP contribution in [0.5, 0.6) is 0 Å². The van der Waals surface area contributed by atoms with Crippen molar-refractivity contribution in [3.63, 3.8) is 0 Å². The van der Waals surface area contributed by atoms with Gasteiger partial charge in [-0.15, -0.1) is 12.6 Å². The first-order valence-electron chi connectivity index (χ1n) is 1.68. The third-order valence-electron chi connectivity index (χ3n) is 0.337. The Morgan fingerprint density at radius 3 is 2.71 bits per heavy atom. The Kier molecular flexibility index (Phi) is 4.03. The zero-order valence-corrected chi connectivity index (χ0v) is 5.26. The van der Waals surface area contributed by atoms with Crippen molar-refractivity contribution in [3.05, 3.63) is 0 Å². The van der Waals surface area contributed by atoms with Crippen molar-refractivity contribution in [3.8, 4) is 0 Å². The molecule has 40 valence electrons. The molecule has 0 radical (unpaired) electrons. The van der Waals surface area contributed by atoms with E-state index in [0.717, 1.165) is 6.29 Å². The van der Waals surface area contributed by atoms with E-state index in [1.54, 1.807) is 0 Å². The first-order chi connectivity index (χ1) is 3.27. The van der Waals surface area contributed by atoms with Crippen molar-refractivity contribution >= 4 is 35.5 Å². The monoisotopic (exact) mass is 135 g/mol. The highest BCUT2D eigenvalue weighted by Gasteiger charge is 1.79. The second kappa shape index (κ2) is 4.08. The van der Waals surface area contributed by atoms with E-state index in [-0.39, 0.29) is 6.54 Å². The number of rotatable bonds is 2. The normalized spacial score (nSPS) is 7.57. The number of thiocarbonyl (C=S) groups is 1. The van der Waals surface area contributed by atoms with Crippen LogP contribution in [-0.4, -0.2) is 17.2 Å². The van der Waals surface area contributed by atoms with Crippen LogP contribution in [-0.2, 0) is 4.79 Å². The van der Waals surface area contributed by atoms with Gasteiger partial charge in [0, 0.05) is 0 Å². The quantitative estimate of drug-likeness (QED) is 0.317. The average Bonchev–Trinajstić information content (AvgIpc) is 1.61. The lowest BCUT2D eigenvalue weighted by Crippen LogP contribution is -2.17. The number of carbonyl (C=O) groups excluding carboxylic acids is 1. The van der Waals surface area contributed by atoms with Crippen molar-refractivity contribution < 1.29 is 4.79 Å². The molecule has 0 aliphatic rings. The molecule has 0 saturated heterocycles. The predicted octanol–water partition coefficient (Wildman–Crippen LogP) is -0.0104. The smallest absolute Gasteiger partial charge is 0.139 e. The van der Waals surface area contributed by atoms with Crippen LogP contribution in [0.25, 0.3) is 0 Å². The minimum Gasteiger partial charge on any atom is -0.364 e. The second-order valence-electron chi connectivity index (χ2n) is 0.853. The Hall–Kier alpha value is -0.0900. The maximum atomic E-state index is 9.55. The summed E-state index contributed by atoms with van der Waals surface area (Å²) in [5.41, 5.74) is 0. The lowest BCUT2D eigenvalue weighted by atomic mass is 10.7. The molecule has 0 heterocycles. The van der Waals surface area contributed by atoms with Gasteiger partial charge in [0.05, 0.1) is 6.54 Å². The van der Waals surface area contributed by atoms with Gasteiger partial charge in [-0.05, 0) is 0 Å². The van der Waals surface area contributed by atoms with Crippen LogP contribution in [0.4, 0.5) is 0 Å². The van der Waals surface area contributed by atoms with Crippen LogP contribution in [0, 0.1) is 0 Å². The topological polar surface area (TPSA) is 29.1 Å². The van der Waals surface area contributed by atoms with Crippen molar-refractivity contribution in [2.45, 2.75) is 0 Å². The summed E-state index contributed by atoms with van der Waals surface area (Å²) in [5.74, 6) is 0. The minimum absolute atomic E-state index is 0.252. The van der Waals surface area contributed by atoms with Crippen molar-refractivity contribution in [1.29, 1.82) is 0 Å². The molecule has 0 saturated carbocycles. The van der Waals surface area contributed by atoms with Gasteiger partial charge in [-0.2, -0.15) is 0 Å². The first-order valence-corrected chi connectivity index (χ1v) is 2.53. The number of carbonyl (C=O) groups is 1. The molecule has 0 amide bonds. The average molecular weight is 135 g/mol. The molecule has 0 fully saturated rings. The molecule has 4 heteroatoms. The third-order valence-corrected chi connectivity index (χ3v) is 0.639. The fourth-order valence-corrected chi connectivity index (χ4v) is 0.304. The molecule has 0 aromatic rings. The van der Waals surface area contributed by atoms with Crippen LogP contribution < -0.4 is 5.32 Å². The highest BCUT2D eigenvalue weighted by atomic mass is 32.1. The van der Waals surface area contributed by atoms with E-state index in [2.05, 4.69) is 30.2 Å². The minimum atomic E-state index is 0.252. The number of hydrogen-bond donors (Lipinski definition) is 2. The summed E-state index contributed by atoms with van der Waals surface area (Å²) < 4.78 is 0.354. The van der Waals surface area contributed by atoms with E-state index in [9.17, 15) is 4.79 Å². The van der Waals surface area contributed by atoms with Crippen LogP contribution in [0.1, 0.15) is 0 Å². The Balaban J connectivity index is 2.97. The number of aldehydes is 1. The largest absolute Gasteiger partial charge is 0.364 e. The Morgan fingerprint density at radius 1 is 2.00 bits per heavy atom. The van der Waals surface area contributed by atoms with Gasteiger partial charge in [0.1, 0.15) is 10.6 Å². The summed E-state index contributed by atoms with van der Waals surface area (Å²) in [6, 6.07) is 0. The molecule has 0 spiro atoms. The molecule has 0 rings (SSSR count). The van der Waals surface area contributed by atoms with E-state index in [4.69, 9.17) is 0 Å². The lowest BCUT2D eigenvalue weighted by Gasteiger charge is -1.90. The predicted molar refractivity (Wildman–Crippen MR) is 35.7 cm³/mol. The molecule has 0 aliphatic carbocycles. The van der Waals surface area contributed by atoms with Gasteiger partial charge in [0.25, 0.3) is 0 Å². The van der Waals surface area contributed by atoms with Gasteiger partial charge in [-0.1, -0.05) is 12.2 Å². The van der Waals surface area contributed by atoms with Gasteiger partial charge in [-0.3, -0.25) is 0 Å². The highest BCUT2D eigenvalue weighted by Crippen LogP contribution is 1.72. The van der Waals surface area contributed by atoms with Crippen molar-refractivity contribution in [1.82, 2.24) is 5.32 Å². The van der Waals surface area contributed by atoms with Gasteiger partial charge in [0.2, 0.25) is 0 Å². The molecular formula is C3H5NOS2. The zero-order valence-electron chi connectivity index (χ0n) is 3.55. The molecule has 2 nitrogen and oxygen atoms in total. The van der Waals surface area contributed by atoms with Crippen LogP contribution >= 0.6 is 24.8 Å². The highest BCUT2D eigenvalue weighted by molar-refractivity contribution is 8.11. The Morgan fingerprint density at radius 2 is 2.57 bits per heavy atom. The first kappa shape index (κ1) is 6.91. The zero-order chi connectivity index (χ0) is 5.70. The van der Waals surface area contributed by atoms with Crippen molar-refractivity contribution in [2.75, 3.05) is 6.54 Å². The van der Waals surface area contributed by atoms with Gasteiger partial charge >= 0.3 is 0 Å². The molecule has 0 aliphatic heterocycles. The lowest BCUT2D eigenvalue weighted by molar-refractivity contribution is -0.106. The molecule has 0 unspecified atom stereocenters. The maximum absolute atomic E-state index is 9.55. The second-order valence-corrected chi connectivity index (χ2v) is 2.01. The molecule has 0 atom stereocenters. The van der Waals surface area contributed by atoms with Crippen LogP contribution in [0.3, 0.4) is 0 Å². The molecule has 0 aromatic heterocycles. The SMILES string of the molecule is O=CCNC(=S)S. The van der Waals surface area contributed by atoms with E-state index >= 15 is 0 Å². The van der Waals surface area contributed by atoms with Crippen LogP contribution in [0.2, 0.25) is 0 Å². The van der Waals surface area contributed by atoms with Crippen molar-refractivity contribution in [2.24, 2.45) is 0 Å². The summed E-state index contributed by atoms with van der Waals surface area (Å²) in [7, 11) is 0. The van der Waals surface area contributed by atoms with E-state index in [1.165, 1.54) is 0 Å². The summed E-state index contributed by atoms with van der Waals surface area (Å²) >= 11 is 8.15. The molecular weight excluding hydrogens is 130 g/mol. The number of hydrogen-bond acceptors (Lipinski definition) is 2. The Labute approximate surface area is 52.7 Å².